The minimum absolute atomic E-state index is 0.198. The Balaban J connectivity index is 2.30. The van der Waals surface area contributed by atoms with E-state index in [0.717, 1.165) is 0 Å². The summed E-state index contributed by atoms with van der Waals surface area (Å²) in [6.45, 7) is 0. The second-order valence-corrected chi connectivity index (χ2v) is 4.83. The Labute approximate surface area is 127 Å². The molecule has 2 atom stereocenters. The predicted molar refractivity (Wildman–Crippen MR) is 79.8 cm³/mol. The summed E-state index contributed by atoms with van der Waals surface area (Å²) in [6, 6.07) is 6.77. The molecule has 22 heavy (non-hydrogen) atoms. The molecule has 0 radical (unpaired) electrons. The molecule has 0 fully saturated rings. The van der Waals surface area contributed by atoms with Crippen molar-refractivity contribution in [2.75, 3.05) is 14.2 Å². The Morgan fingerprint density at radius 1 is 0.773 bits per heavy atom. The van der Waals surface area contributed by atoms with Crippen molar-refractivity contribution in [1.29, 1.82) is 0 Å². The molecule has 0 amide bonds. The first-order chi connectivity index (χ1) is 10.5. The molecule has 6 heteroatoms. The lowest BCUT2D eigenvalue weighted by Crippen LogP contribution is -2.28. The molecule has 2 aromatic rings. The van der Waals surface area contributed by atoms with Crippen LogP contribution in [0.15, 0.2) is 36.4 Å². The standard InChI is InChI=1S/C16H18F2N2O2/c1-21-9-3-5-11(13(17)7-9)15(19)16(20)12-6-4-10(22-2)8-14(12)18/h3-8,15-16H,19-20H2,1-2H3/t15-,16+. The van der Waals surface area contributed by atoms with Gasteiger partial charge in [0.1, 0.15) is 23.1 Å². The number of nitrogens with two attached hydrogens (primary N) is 2. The average Bonchev–Trinajstić information content (AvgIpc) is 2.53. The fourth-order valence-corrected chi connectivity index (χ4v) is 2.20. The molecule has 0 aliphatic carbocycles. The van der Waals surface area contributed by atoms with Crippen molar-refractivity contribution >= 4 is 0 Å². The molecule has 4 nitrogen and oxygen atoms in total. The molecular formula is C16H18F2N2O2. The minimum atomic E-state index is -0.895. The maximum Gasteiger partial charge on any atom is 0.131 e. The number of benzene rings is 2. The second-order valence-electron chi connectivity index (χ2n) is 4.83. The van der Waals surface area contributed by atoms with Gasteiger partial charge in [0.05, 0.1) is 26.3 Å². The minimum Gasteiger partial charge on any atom is -0.497 e. The zero-order chi connectivity index (χ0) is 16.3. The SMILES string of the molecule is COc1ccc([C@@H](N)[C@@H](N)c2ccc(OC)cc2F)c(F)c1. The molecule has 118 valence electrons. The number of hydrogen-bond donors (Lipinski definition) is 2. The number of rotatable bonds is 5. The summed E-state index contributed by atoms with van der Waals surface area (Å²) in [5.41, 5.74) is 12.4. The molecule has 2 aromatic carbocycles. The molecule has 0 saturated heterocycles. The zero-order valence-corrected chi connectivity index (χ0v) is 12.3. The number of hydrogen-bond acceptors (Lipinski definition) is 4. The van der Waals surface area contributed by atoms with Crippen LogP contribution in [-0.4, -0.2) is 14.2 Å². The monoisotopic (exact) mass is 308 g/mol. The van der Waals surface area contributed by atoms with Gasteiger partial charge in [0.15, 0.2) is 0 Å². The number of methoxy groups -OCH3 is 2. The van der Waals surface area contributed by atoms with Gasteiger partial charge >= 0.3 is 0 Å². The van der Waals surface area contributed by atoms with Crippen LogP contribution in [0.4, 0.5) is 8.78 Å². The first kappa shape index (κ1) is 16.2. The highest BCUT2D eigenvalue weighted by Crippen LogP contribution is 2.30. The molecule has 0 unspecified atom stereocenters. The molecule has 0 aromatic heterocycles. The maximum absolute atomic E-state index is 14.1. The van der Waals surface area contributed by atoms with E-state index in [-0.39, 0.29) is 11.1 Å². The highest BCUT2D eigenvalue weighted by atomic mass is 19.1. The van der Waals surface area contributed by atoms with Crippen LogP contribution >= 0.6 is 0 Å². The van der Waals surface area contributed by atoms with E-state index < -0.39 is 23.7 Å². The van der Waals surface area contributed by atoms with Crippen LogP contribution in [0.3, 0.4) is 0 Å². The van der Waals surface area contributed by atoms with Gasteiger partial charge in [-0.3, -0.25) is 0 Å². The van der Waals surface area contributed by atoms with Crippen LogP contribution < -0.4 is 20.9 Å². The third-order valence-corrected chi connectivity index (χ3v) is 3.52. The molecule has 2 rings (SSSR count). The van der Waals surface area contributed by atoms with Crippen molar-refractivity contribution in [1.82, 2.24) is 0 Å². The van der Waals surface area contributed by atoms with Gasteiger partial charge in [-0.05, 0) is 12.1 Å². The van der Waals surface area contributed by atoms with Crippen LogP contribution in [0.5, 0.6) is 11.5 Å². The van der Waals surface area contributed by atoms with E-state index >= 15 is 0 Å². The van der Waals surface area contributed by atoms with Gasteiger partial charge in [-0.1, -0.05) is 12.1 Å². The van der Waals surface area contributed by atoms with Gasteiger partial charge in [0.2, 0.25) is 0 Å². The van der Waals surface area contributed by atoms with Crippen LogP contribution in [0.2, 0.25) is 0 Å². The average molecular weight is 308 g/mol. The summed E-state index contributed by atoms with van der Waals surface area (Å²) in [6.07, 6.45) is 0. The summed E-state index contributed by atoms with van der Waals surface area (Å²) in [5, 5.41) is 0. The Morgan fingerprint density at radius 2 is 1.14 bits per heavy atom. The normalized spacial score (nSPS) is 13.5. The molecule has 4 N–H and O–H groups in total. The number of halogens is 2. The third-order valence-electron chi connectivity index (χ3n) is 3.52. The second kappa shape index (κ2) is 6.72. The Hall–Kier alpha value is -2.18. The van der Waals surface area contributed by atoms with E-state index in [9.17, 15) is 8.78 Å². The zero-order valence-electron chi connectivity index (χ0n) is 12.3. The maximum atomic E-state index is 14.1. The quantitative estimate of drug-likeness (QED) is 0.891. The molecule has 0 saturated carbocycles. The van der Waals surface area contributed by atoms with Gasteiger partial charge < -0.3 is 20.9 Å². The Kier molecular flexibility index (Phi) is 4.95. The van der Waals surface area contributed by atoms with Crippen molar-refractivity contribution < 1.29 is 18.3 Å². The molecule has 0 aliphatic heterocycles. The van der Waals surface area contributed by atoms with Gasteiger partial charge in [-0.2, -0.15) is 0 Å². The van der Waals surface area contributed by atoms with Crippen molar-refractivity contribution in [3.05, 3.63) is 59.2 Å². The highest BCUT2D eigenvalue weighted by molar-refractivity contribution is 5.35. The van der Waals surface area contributed by atoms with Gasteiger partial charge in [-0.25, -0.2) is 8.78 Å². The van der Waals surface area contributed by atoms with Crippen LogP contribution in [0.1, 0.15) is 23.2 Å². The van der Waals surface area contributed by atoms with Gasteiger partial charge in [0, 0.05) is 23.3 Å². The summed E-state index contributed by atoms with van der Waals surface area (Å²) in [4.78, 5) is 0. The lowest BCUT2D eigenvalue weighted by atomic mass is 9.94. The predicted octanol–water partition coefficient (Wildman–Crippen LogP) is 2.68. The smallest absolute Gasteiger partial charge is 0.131 e. The first-order valence-electron chi connectivity index (χ1n) is 6.66. The van der Waals surface area contributed by atoms with E-state index in [1.54, 1.807) is 12.1 Å². The van der Waals surface area contributed by atoms with Crippen molar-refractivity contribution in [2.24, 2.45) is 11.5 Å². The largest absolute Gasteiger partial charge is 0.497 e. The molecular weight excluding hydrogens is 290 g/mol. The van der Waals surface area contributed by atoms with Crippen molar-refractivity contribution in [3.63, 3.8) is 0 Å². The summed E-state index contributed by atoms with van der Waals surface area (Å²) in [5.74, 6) is -0.345. The van der Waals surface area contributed by atoms with E-state index in [1.807, 2.05) is 0 Å². The fourth-order valence-electron chi connectivity index (χ4n) is 2.20. The van der Waals surface area contributed by atoms with Gasteiger partial charge in [0.25, 0.3) is 0 Å². The summed E-state index contributed by atoms with van der Waals surface area (Å²) < 4.78 is 38.0. The molecule has 0 heterocycles. The van der Waals surface area contributed by atoms with Crippen molar-refractivity contribution in [3.8, 4) is 11.5 Å². The third kappa shape index (κ3) is 3.18. The van der Waals surface area contributed by atoms with E-state index in [0.29, 0.717) is 11.5 Å². The molecule has 0 aliphatic rings. The Bertz CT molecular complexity index is 607. The van der Waals surface area contributed by atoms with Crippen LogP contribution in [-0.2, 0) is 0 Å². The lowest BCUT2D eigenvalue weighted by molar-refractivity contribution is 0.407. The van der Waals surface area contributed by atoms with Crippen LogP contribution in [0.25, 0.3) is 0 Å². The summed E-state index contributed by atoms with van der Waals surface area (Å²) >= 11 is 0. The fraction of sp³-hybridized carbons (Fsp3) is 0.250. The van der Waals surface area contributed by atoms with E-state index in [1.165, 1.54) is 38.5 Å². The van der Waals surface area contributed by atoms with Gasteiger partial charge in [-0.15, -0.1) is 0 Å². The topological polar surface area (TPSA) is 70.5 Å². The molecule has 0 spiro atoms. The lowest BCUT2D eigenvalue weighted by Gasteiger charge is -2.22. The Morgan fingerprint density at radius 3 is 1.41 bits per heavy atom. The summed E-state index contributed by atoms with van der Waals surface area (Å²) in [7, 11) is 2.87. The van der Waals surface area contributed by atoms with Crippen LogP contribution in [0, 0.1) is 11.6 Å². The van der Waals surface area contributed by atoms with E-state index in [2.05, 4.69) is 0 Å². The number of ether oxygens (including phenoxy) is 2. The van der Waals surface area contributed by atoms with Crippen molar-refractivity contribution in [2.45, 2.75) is 12.1 Å². The highest BCUT2D eigenvalue weighted by Gasteiger charge is 2.23. The van der Waals surface area contributed by atoms with E-state index in [4.69, 9.17) is 20.9 Å². The first-order valence-corrected chi connectivity index (χ1v) is 6.66. The molecule has 0 bridgehead atoms.